The normalized spacial score (nSPS) is 26.4. The summed E-state index contributed by atoms with van der Waals surface area (Å²) >= 11 is 0. The molecular formula is C12H22N4. The molecule has 2 unspecified atom stereocenters. The average Bonchev–Trinajstić information content (AvgIpc) is 2.86. The Balaban J connectivity index is 2.15. The van der Waals surface area contributed by atoms with Gasteiger partial charge in [-0.15, -0.1) is 0 Å². The Morgan fingerprint density at radius 1 is 1.50 bits per heavy atom. The number of nitrogens with zero attached hydrogens (tertiary/aromatic N) is 3. The number of hydrogen-bond acceptors (Lipinski definition) is 3. The maximum atomic E-state index is 6.20. The van der Waals surface area contributed by atoms with E-state index in [-0.39, 0.29) is 6.04 Å². The molecule has 0 aliphatic carbocycles. The molecule has 90 valence electrons. The minimum absolute atomic E-state index is 0.265. The summed E-state index contributed by atoms with van der Waals surface area (Å²) in [4.78, 5) is 2.49. The first kappa shape index (κ1) is 11.6. The third kappa shape index (κ3) is 2.13. The minimum Gasteiger partial charge on any atom is -0.326 e. The number of nitrogens with two attached hydrogens (primary N) is 1. The van der Waals surface area contributed by atoms with Crippen molar-refractivity contribution in [2.45, 2.75) is 45.3 Å². The molecule has 4 heteroatoms. The maximum absolute atomic E-state index is 6.20. The van der Waals surface area contributed by atoms with Gasteiger partial charge in [-0.3, -0.25) is 9.58 Å². The molecule has 0 bridgehead atoms. The maximum Gasteiger partial charge on any atom is 0.0538 e. The Labute approximate surface area is 97.4 Å². The van der Waals surface area contributed by atoms with Gasteiger partial charge in [0, 0.05) is 30.9 Å². The summed E-state index contributed by atoms with van der Waals surface area (Å²) in [6.07, 6.45) is 6.40. The van der Waals surface area contributed by atoms with Crippen molar-refractivity contribution in [3.8, 4) is 0 Å². The zero-order valence-corrected chi connectivity index (χ0v) is 10.3. The molecule has 4 nitrogen and oxygen atoms in total. The van der Waals surface area contributed by atoms with Crippen LogP contribution in [0.25, 0.3) is 0 Å². The van der Waals surface area contributed by atoms with E-state index in [1.807, 2.05) is 10.9 Å². The molecule has 2 rings (SSSR count). The molecule has 1 saturated heterocycles. The summed E-state index contributed by atoms with van der Waals surface area (Å²) in [6, 6.07) is 0.640. The van der Waals surface area contributed by atoms with Crippen LogP contribution in [0, 0.1) is 0 Å². The van der Waals surface area contributed by atoms with Crippen LogP contribution in [-0.4, -0.2) is 33.8 Å². The van der Waals surface area contributed by atoms with Crippen molar-refractivity contribution in [1.82, 2.24) is 14.7 Å². The molecule has 1 aromatic heterocycles. The summed E-state index contributed by atoms with van der Waals surface area (Å²) < 4.78 is 1.98. The Morgan fingerprint density at radius 3 is 2.94 bits per heavy atom. The molecule has 16 heavy (non-hydrogen) atoms. The van der Waals surface area contributed by atoms with Crippen LogP contribution in [0.15, 0.2) is 12.4 Å². The van der Waals surface area contributed by atoms with Crippen LogP contribution in [0.4, 0.5) is 0 Å². The lowest BCUT2D eigenvalue weighted by Gasteiger charge is -2.25. The van der Waals surface area contributed by atoms with Crippen molar-refractivity contribution < 1.29 is 0 Å². The Kier molecular flexibility index (Phi) is 3.61. The van der Waals surface area contributed by atoms with E-state index < -0.39 is 0 Å². The largest absolute Gasteiger partial charge is 0.326 e. The summed E-state index contributed by atoms with van der Waals surface area (Å²) in [5.74, 6) is 0. The van der Waals surface area contributed by atoms with Crippen LogP contribution in [-0.2, 0) is 6.54 Å². The van der Waals surface area contributed by atoms with Gasteiger partial charge in [-0.05, 0) is 26.3 Å². The van der Waals surface area contributed by atoms with Gasteiger partial charge < -0.3 is 5.73 Å². The number of aromatic nitrogens is 2. The van der Waals surface area contributed by atoms with Crippen molar-refractivity contribution in [2.24, 2.45) is 5.73 Å². The van der Waals surface area contributed by atoms with Crippen LogP contribution in [0.2, 0.25) is 0 Å². The standard InChI is InChI=1S/C12H22N4/c1-3-6-15-7-5-11(13)12(15)10-8-14-16(4-2)9-10/h8-9,11-12H,3-7,13H2,1-2H3. The van der Waals surface area contributed by atoms with E-state index in [9.17, 15) is 0 Å². The predicted octanol–water partition coefficient (Wildman–Crippen LogP) is 1.39. The number of likely N-dealkylation sites (tertiary alicyclic amines) is 1. The first-order valence-electron chi connectivity index (χ1n) is 6.28. The summed E-state index contributed by atoms with van der Waals surface area (Å²) in [6.45, 7) is 7.51. The van der Waals surface area contributed by atoms with Gasteiger partial charge >= 0.3 is 0 Å². The highest BCUT2D eigenvalue weighted by Crippen LogP contribution is 2.30. The van der Waals surface area contributed by atoms with Gasteiger partial charge in [-0.2, -0.15) is 5.10 Å². The zero-order chi connectivity index (χ0) is 11.5. The smallest absolute Gasteiger partial charge is 0.0538 e. The van der Waals surface area contributed by atoms with Gasteiger partial charge in [0.05, 0.1) is 12.2 Å². The highest BCUT2D eigenvalue weighted by atomic mass is 15.3. The van der Waals surface area contributed by atoms with Crippen LogP contribution in [0.5, 0.6) is 0 Å². The van der Waals surface area contributed by atoms with E-state index in [0.717, 1.165) is 26.1 Å². The molecule has 0 amide bonds. The molecule has 1 aliphatic rings. The quantitative estimate of drug-likeness (QED) is 0.837. The highest BCUT2D eigenvalue weighted by Gasteiger charge is 2.32. The van der Waals surface area contributed by atoms with Gasteiger partial charge in [-0.25, -0.2) is 0 Å². The first-order chi connectivity index (χ1) is 7.76. The second kappa shape index (κ2) is 4.97. The van der Waals surface area contributed by atoms with E-state index in [1.54, 1.807) is 0 Å². The lowest BCUT2D eigenvalue weighted by molar-refractivity contribution is 0.248. The van der Waals surface area contributed by atoms with Gasteiger partial charge in [0.1, 0.15) is 0 Å². The summed E-state index contributed by atoms with van der Waals surface area (Å²) in [5, 5.41) is 4.34. The van der Waals surface area contributed by atoms with Gasteiger partial charge in [0.15, 0.2) is 0 Å². The fourth-order valence-corrected chi connectivity index (χ4v) is 2.58. The SMILES string of the molecule is CCCN1CCC(N)C1c1cnn(CC)c1. The van der Waals surface area contributed by atoms with Crippen molar-refractivity contribution in [2.75, 3.05) is 13.1 Å². The molecule has 0 spiro atoms. The molecule has 0 aromatic carbocycles. The lowest BCUT2D eigenvalue weighted by atomic mass is 10.0. The van der Waals surface area contributed by atoms with E-state index in [1.165, 1.54) is 12.0 Å². The van der Waals surface area contributed by atoms with Crippen LogP contribution in [0.3, 0.4) is 0 Å². The van der Waals surface area contributed by atoms with E-state index in [2.05, 4.69) is 30.0 Å². The van der Waals surface area contributed by atoms with E-state index in [0.29, 0.717) is 6.04 Å². The topological polar surface area (TPSA) is 47.1 Å². The first-order valence-corrected chi connectivity index (χ1v) is 6.28. The van der Waals surface area contributed by atoms with E-state index >= 15 is 0 Å². The van der Waals surface area contributed by atoms with Crippen molar-refractivity contribution in [1.29, 1.82) is 0 Å². The number of rotatable bonds is 4. The molecule has 0 radical (unpaired) electrons. The van der Waals surface area contributed by atoms with Gasteiger partial charge in [0.2, 0.25) is 0 Å². The third-order valence-corrected chi connectivity index (χ3v) is 3.38. The molecule has 2 N–H and O–H groups in total. The van der Waals surface area contributed by atoms with Crippen molar-refractivity contribution in [3.63, 3.8) is 0 Å². The summed E-state index contributed by atoms with van der Waals surface area (Å²) in [7, 11) is 0. The second-order valence-corrected chi connectivity index (χ2v) is 4.56. The average molecular weight is 222 g/mol. The molecule has 1 aliphatic heterocycles. The number of hydrogen-bond donors (Lipinski definition) is 1. The van der Waals surface area contributed by atoms with Crippen LogP contribution in [0.1, 0.15) is 38.3 Å². The second-order valence-electron chi connectivity index (χ2n) is 4.56. The monoisotopic (exact) mass is 222 g/mol. The summed E-state index contributed by atoms with van der Waals surface area (Å²) in [5.41, 5.74) is 7.48. The molecule has 1 fully saturated rings. The minimum atomic E-state index is 0.265. The molecule has 2 heterocycles. The van der Waals surface area contributed by atoms with Crippen LogP contribution >= 0.6 is 0 Å². The fourth-order valence-electron chi connectivity index (χ4n) is 2.58. The Bertz CT molecular complexity index is 332. The fraction of sp³-hybridized carbons (Fsp3) is 0.750. The van der Waals surface area contributed by atoms with Gasteiger partial charge in [-0.1, -0.05) is 6.92 Å². The Morgan fingerprint density at radius 2 is 2.31 bits per heavy atom. The van der Waals surface area contributed by atoms with Crippen LogP contribution < -0.4 is 5.73 Å². The molecule has 1 aromatic rings. The lowest BCUT2D eigenvalue weighted by Crippen LogP contribution is -2.32. The molecular weight excluding hydrogens is 200 g/mol. The Hall–Kier alpha value is -0.870. The zero-order valence-electron chi connectivity index (χ0n) is 10.3. The van der Waals surface area contributed by atoms with Gasteiger partial charge in [0.25, 0.3) is 0 Å². The van der Waals surface area contributed by atoms with Crippen molar-refractivity contribution in [3.05, 3.63) is 18.0 Å². The molecule has 2 atom stereocenters. The molecule has 0 saturated carbocycles. The number of aryl methyl sites for hydroxylation is 1. The van der Waals surface area contributed by atoms with Crippen molar-refractivity contribution >= 4 is 0 Å². The predicted molar refractivity (Wildman–Crippen MR) is 65.1 cm³/mol. The highest BCUT2D eigenvalue weighted by molar-refractivity contribution is 5.15. The van der Waals surface area contributed by atoms with E-state index in [4.69, 9.17) is 5.73 Å². The third-order valence-electron chi connectivity index (χ3n) is 3.38.